The van der Waals surface area contributed by atoms with Crippen LogP contribution in [0, 0.1) is 5.92 Å². The van der Waals surface area contributed by atoms with Crippen molar-refractivity contribution in [3.63, 3.8) is 0 Å². The van der Waals surface area contributed by atoms with E-state index in [9.17, 15) is 5.11 Å². The minimum Gasteiger partial charge on any atom is -0.392 e. The van der Waals surface area contributed by atoms with Crippen molar-refractivity contribution in [3.8, 4) is 0 Å². The van der Waals surface area contributed by atoms with Crippen molar-refractivity contribution in [2.24, 2.45) is 5.92 Å². The fraction of sp³-hybridized carbons (Fsp3) is 1.00. The second-order valence-corrected chi connectivity index (χ2v) is 5.63. The van der Waals surface area contributed by atoms with Gasteiger partial charge in [0, 0.05) is 45.8 Å². The van der Waals surface area contributed by atoms with Crippen molar-refractivity contribution < 1.29 is 5.11 Å². The topological polar surface area (TPSA) is 38.7 Å². The second kappa shape index (κ2) is 8.03. The molecule has 1 atom stereocenters. The van der Waals surface area contributed by atoms with E-state index in [1.165, 1.54) is 26.2 Å². The monoisotopic (exact) mass is 243 g/mol. The minimum absolute atomic E-state index is 0.192. The van der Waals surface area contributed by atoms with Crippen LogP contribution in [0.1, 0.15) is 20.3 Å². The number of rotatable bonds is 7. The Hall–Kier alpha value is -0.160. The van der Waals surface area contributed by atoms with Gasteiger partial charge in [-0.25, -0.2) is 0 Å². The average molecular weight is 243 g/mol. The summed E-state index contributed by atoms with van der Waals surface area (Å²) in [4.78, 5) is 4.86. The Morgan fingerprint density at radius 2 is 1.82 bits per heavy atom. The standard InChI is InChI=1S/C13H29N3O/c1-12(2)10-13(17)11-14-4-5-16-8-6-15(3)7-9-16/h12-14,17H,4-11H2,1-3H3. The van der Waals surface area contributed by atoms with Gasteiger partial charge in [0.1, 0.15) is 0 Å². The van der Waals surface area contributed by atoms with Gasteiger partial charge >= 0.3 is 0 Å². The van der Waals surface area contributed by atoms with Gasteiger partial charge < -0.3 is 15.3 Å². The van der Waals surface area contributed by atoms with Crippen molar-refractivity contribution in [2.75, 3.05) is 52.9 Å². The van der Waals surface area contributed by atoms with Crippen LogP contribution in [0.25, 0.3) is 0 Å². The lowest BCUT2D eigenvalue weighted by molar-refractivity contribution is 0.136. The predicted molar refractivity (Wildman–Crippen MR) is 72.3 cm³/mol. The van der Waals surface area contributed by atoms with E-state index in [0.717, 1.165) is 26.1 Å². The molecule has 0 aromatic heterocycles. The molecule has 1 rings (SSSR count). The summed E-state index contributed by atoms with van der Waals surface area (Å²) in [5.41, 5.74) is 0. The largest absolute Gasteiger partial charge is 0.392 e. The first kappa shape index (κ1) is 14.9. The normalized spacial score (nSPS) is 21.0. The molecule has 0 saturated carbocycles. The quantitative estimate of drug-likeness (QED) is 0.628. The third kappa shape index (κ3) is 6.99. The van der Waals surface area contributed by atoms with Crippen LogP contribution in [0.3, 0.4) is 0 Å². The third-order valence-electron chi connectivity index (χ3n) is 3.32. The van der Waals surface area contributed by atoms with Crippen molar-refractivity contribution in [3.05, 3.63) is 0 Å². The predicted octanol–water partition coefficient (Wildman–Crippen LogP) is 0.230. The summed E-state index contributed by atoms with van der Waals surface area (Å²) in [6, 6.07) is 0. The molecule has 0 radical (unpaired) electrons. The summed E-state index contributed by atoms with van der Waals surface area (Å²) in [5, 5.41) is 13.1. The lowest BCUT2D eigenvalue weighted by Crippen LogP contribution is -2.46. The van der Waals surface area contributed by atoms with E-state index < -0.39 is 0 Å². The van der Waals surface area contributed by atoms with Crippen LogP contribution in [-0.2, 0) is 0 Å². The fourth-order valence-electron chi connectivity index (χ4n) is 2.20. The molecule has 17 heavy (non-hydrogen) atoms. The zero-order valence-electron chi connectivity index (χ0n) is 11.7. The second-order valence-electron chi connectivity index (χ2n) is 5.63. The highest BCUT2D eigenvalue weighted by Gasteiger charge is 2.13. The van der Waals surface area contributed by atoms with Crippen LogP contribution in [0.5, 0.6) is 0 Å². The Morgan fingerprint density at radius 3 is 2.41 bits per heavy atom. The highest BCUT2D eigenvalue weighted by molar-refractivity contribution is 4.70. The van der Waals surface area contributed by atoms with Gasteiger partial charge in [0.25, 0.3) is 0 Å². The number of piperazine rings is 1. The number of aliphatic hydroxyl groups excluding tert-OH is 1. The molecule has 0 aliphatic carbocycles. The summed E-state index contributed by atoms with van der Waals surface area (Å²) in [5.74, 6) is 0.574. The maximum atomic E-state index is 9.71. The minimum atomic E-state index is -0.192. The fourth-order valence-corrected chi connectivity index (χ4v) is 2.20. The Balaban J connectivity index is 1.97. The first-order valence-electron chi connectivity index (χ1n) is 6.87. The number of hydrogen-bond donors (Lipinski definition) is 2. The van der Waals surface area contributed by atoms with Crippen molar-refractivity contribution in [1.29, 1.82) is 0 Å². The Kier molecular flexibility index (Phi) is 7.04. The van der Waals surface area contributed by atoms with Crippen LogP contribution in [-0.4, -0.2) is 73.9 Å². The molecular formula is C13H29N3O. The Morgan fingerprint density at radius 1 is 1.18 bits per heavy atom. The average Bonchev–Trinajstić information content (AvgIpc) is 2.26. The number of likely N-dealkylation sites (N-methyl/N-ethyl adjacent to an activating group) is 1. The molecule has 4 heteroatoms. The molecule has 0 spiro atoms. The number of hydrogen-bond acceptors (Lipinski definition) is 4. The summed E-state index contributed by atoms with van der Waals surface area (Å²) in [6.45, 7) is 11.8. The molecule has 0 aromatic carbocycles. The molecule has 2 N–H and O–H groups in total. The summed E-state index contributed by atoms with van der Waals surface area (Å²) in [6.07, 6.45) is 0.698. The van der Waals surface area contributed by atoms with E-state index in [-0.39, 0.29) is 6.10 Å². The van der Waals surface area contributed by atoms with Gasteiger partial charge in [-0.1, -0.05) is 13.8 Å². The first-order chi connectivity index (χ1) is 8.08. The summed E-state index contributed by atoms with van der Waals surface area (Å²) in [7, 11) is 2.18. The number of nitrogens with zero attached hydrogens (tertiary/aromatic N) is 2. The molecule has 0 aromatic rings. The van der Waals surface area contributed by atoms with E-state index in [2.05, 4.69) is 36.0 Å². The number of aliphatic hydroxyl groups is 1. The van der Waals surface area contributed by atoms with Crippen molar-refractivity contribution in [2.45, 2.75) is 26.4 Å². The lowest BCUT2D eigenvalue weighted by Gasteiger charge is -2.32. The van der Waals surface area contributed by atoms with Crippen molar-refractivity contribution in [1.82, 2.24) is 15.1 Å². The molecule has 1 unspecified atom stereocenters. The Bertz CT molecular complexity index is 191. The first-order valence-corrected chi connectivity index (χ1v) is 6.87. The van der Waals surface area contributed by atoms with Crippen LogP contribution >= 0.6 is 0 Å². The molecule has 0 bridgehead atoms. The Labute approximate surface area is 106 Å². The van der Waals surface area contributed by atoms with Gasteiger partial charge in [0.2, 0.25) is 0 Å². The van der Waals surface area contributed by atoms with Crippen LogP contribution < -0.4 is 5.32 Å². The highest BCUT2D eigenvalue weighted by atomic mass is 16.3. The molecule has 1 heterocycles. The molecule has 1 aliphatic rings. The maximum absolute atomic E-state index is 9.71. The van der Waals surface area contributed by atoms with Gasteiger partial charge in [0.05, 0.1) is 6.10 Å². The summed E-state index contributed by atoms with van der Waals surface area (Å²) >= 11 is 0. The van der Waals surface area contributed by atoms with Crippen LogP contribution in [0.2, 0.25) is 0 Å². The van der Waals surface area contributed by atoms with E-state index >= 15 is 0 Å². The van der Waals surface area contributed by atoms with E-state index in [1.807, 2.05) is 0 Å². The van der Waals surface area contributed by atoms with Gasteiger partial charge in [0.15, 0.2) is 0 Å². The summed E-state index contributed by atoms with van der Waals surface area (Å²) < 4.78 is 0. The smallest absolute Gasteiger partial charge is 0.0667 e. The number of nitrogens with one attached hydrogen (secondary N) is 1. The van der Waals surface area contributed by atoms with Gasteiger partial charge in [-0.3, -0.25) is 4.90 Å². The van der Waals surface area contributed by atoms with Gasteiger partial charge in [-0.15, -0.1) is 0 Å². The van der Waals surface area contributed by atoms with Gasteiger partial charge in [-0.05, 0) is 19.4 Å². The van der Waals surface area contributed by atoms with E-state index in [0.29, 0.717) is 5.92 Å². The maximum Gasteiger partial charge on any atom is 0.0667 e. The zero-order chi connectivity index (χ0) is 12.7. The van der Waals surface area contributed by atoms with Crippen LogP contribution in [0.4, 0.5) is 0 Å². The van der Waals surface area contributed by atoms with E-state index in [4.69, 9.17) is 0 Å². The molecule has 1 aliphatic heterocycles. The molecule has 1 fully saturated rings. The SMILES string of the molecule is CC(C)CC(O)CNCCN1CCN(C)CC1. The molecular weight excluding hydrogens is 214 g/mol. The highest BCUT2D eigenvalue weighted by Crippen LogP contribution is 2.03. The van der Waals surface area contributed by atoms with Crippen molar-refractivity contribution >= 4 is 0 Å². The van der Waals surface area contributed by atoms with Gasteiger partial charge in [-0.2, -0.15) is 0 Å². The third-order valence-corrected chi connectivity index (χ3v) is 3.32. The molecule has 0 amide bonds. The lowest BCUT2D eigenvalue weighted by atomic mass is 10.1. The zero-order valence-corrected chi connectivity index (χ0v) is 11.7. The van der Waals surface area contributed by atoms with Crippen LogP contribution in [0.15, 0.2) is 0 Å². The molecule has 1 saturated heterocycles. The molecule has 4 nitrogen and oxygen atoms in total. The molecule has 102 valence electrons. The van der Waals surface area contributed by atoms with E-state index in [1.54, 1.807) is 0 Å².